The fourth-order valence-corrected chi connectivity index (χ4v) is 2.55. The lowest BCUT2D eigenvalue weighted by atomic mass is 10.1. The predicted molar refractivity (Wildman–Crippen MR) is 92.7 cm³/mol. The highest BCUT2D eigenvalue weighted by molar-refractivity contribution is 5.53. The predicted octanol–water partition coefficient (Wildman–Crippen LogP) is 5.55. The monoisotopic (exact) mass is 361 g/mol. The van der Waals surface area contributed by atoms with Gasteiger partial charge in [-0.15, -0.1) is 10.2 Å². The van der Waals surface area contributed by atoms with Crippen molar-refractivity contribution >= 4 is 5.69 Å². The molecule has 1 atom stereocenters. The Morgan fingerprint density at radius 1 is 1.00 bits per heavy atom. The van der Waals surface area contributed by atoms with Gasteiger partial charge in [0.25, 0.3) is 0 Å². The van der Waals surface area contributed by atoms with Gasteiger partial charge in [-0.05, 0) is 50.6 Å². The van der Waals surface area contributed by atoms with Gasteiger partial charge in [0.05, 0.1) is 5.56 Å². The van der Waals surface area contributed by atoms with Crippen molar-refractivity contribution in [2.45, 2.75) is 33.0 Å². The van der Waals surface area contributed by atoms with Gasteiger partial charge in [-0.3, -0.25) is 0 Å². The molecule has 4 nitrogen and oxygen atoms in total. The van der Waals surface area contributed by atoms with E-state index < -0.39 is 17.8 Å². The first-order valence-electron chi connectivity index (χ1n) is 8.09. The summed E-state index contributed by atoms with van der Waals surface area (Å²) in [7, 11) is 0. The Bertz CT molecular complexity index is 901. The van der Waals surface area contributed by atoms with Gasteiger partial charge >= 0.3 is 6.18 Å². The lowest BCUT2D eigenvalue weighted by Crippen LogP contribution is -2.11. The fourth-order valence-electron chi connectivity index (χ4n) is 2.55. The van der Waals surface area contributed by atoms with Gasteiger partial charge in [-0.25, -0.2) is 0 Å². The molecule has 3 rings (SSSR count). The van der Waals surface area contributed by atoms with Crippen LogP contribution in [0.15, 0.2) is 46.9 Å². The van der Waals surface area contributed by atoms with E-state index in [0.717, 1.165) is 17.2 Å². The molecule has 0 radical (unpaired) electrons. The van der Waals surface area contributed by atoms with Gasteiger partial charge in [0.2, 0.25) is 11.8 Å². The second kappa shape index (κ2) is 6.82. The fraction of sp³-hybridized carbons (Fsp3) is 0.263. The summed E-state index contributed by atoms with van der Waals surface area (Å²) in [4.78, 5) is 0. The van der Waals surface area contributed by atoms with E-state index in [2.05, 4.69) is 15.5 Å². The summed E-state index contributed by atoms with van der Waals surface area (Å²) >= 11 is 0. The highest BCUT2D eigenvalue weighted by Crippen LogP contribution is 2.34. The molecule has 0 saturated carbocycles. The van der Waals surface area contributed by atoms with E-state index in [1.165, 1.54) is 13.0 Å². The molecule has 0 aliphatic heterocycles. The molecule has 0 saturated heterocycles. The molecule has 0 bridgehead atoms. The van der Waals surface area contributed by atoms with Crippen molar-refractivity contribution in [2.24, 2.45) is 0 Å². The van der Waals surface area contributed by atoms with Gasteiger partial charge in [0.1, 0.15) is 6.04 Å². The maximum atomic E-state index is 13.0. The molecule has 0 amide bonds. The van der Waals surface area contributed by atoms with Crippen molar-refractivity contribution in [2.75, 3.05) is 5.32 Å². The second-order valence-corrected chi connectivity index (χ2v) is 6.20. The average molecular weight is 361 g/mol. The van der Waals surface area contributed by atoms with E-state index in [1.54, 1.807) is 13.0 Å². The average Bonchev–Trinajstić information content (AvgIpc) is 3.06. The number of hydrogen-bond donors (Lipinski definition) is 1. The van der Waals surface area contributed by atoms with Gasteiger partial charge in [-0.2, -0.15) is 13.2 Å². The van der Waals surface area contributed by atoms with Crippen LogP contribution in [0.1, 0.15) is 35.5 Å². The van der Waals surface area contributed by atoms with Gasteiger partial charge in [-0.1, -0.05) is 23.8 Å². The van der Waals surface area contributed by atoms with Crippen molar-refractivity contribution < 1.29 is 17.6 Å². The SMILES string of the molecule is Cc1ccc(-c2nnc(C(C)Nc3ccc(C)c(C(F)(F)F)c3)o2)cc1. The molecule has 1 N–H and O–H groups in total. The summed E-state index contributed by atoms with van der Waals surface area (Å²) in [5.74, 6) is 0.670. The molecule has 0 spiro atoms. The first kappa shape index (κ1) is 18.0. The highest BCUT2D eigenvalue weighted by atomic mass is 19.4. The normalized spacial score (nSPS) is 12.8. The Kier molecular flexibility index (Phi) is 4.71. The molecule has 2 aromatic carbocycles. The van der Waals surface area contributed by atoms with Crippen LogP contribution in [-0.2, 0) is 6.18 Å². The summed E-state index contributed by atoms with van der Waals surface area (Å²) in [6.07, 6.45) is -4.39. The molecule has 0 aliphatic carbocycles. The van der Waals surface area contributed by atoms with E-state index in [1.807, 2.05) is 31.2 Å². The molecule has 0 fully saturated rings. The Balaban J connectivity index is 1.79. The van der Waals surface area contributed by atoms with Crippen LogP contribution in [0.3, 0.4) is 0 Å². The number of anilines is 1. The molecule has 7 heteroatoms. The minimum Gasteiger partial charge on any atom is -0.418 e. The largest absolute Gasteiger partial charge is 0.418 e. The maximum Gasteiger partial charge on any atom is 0.416 e. The topological polar surface area (TPSA) is 51.0 Å². The van der Waals surface area contributed by atoms with Crippen LogP contribution >= 0.6 is 0 Å². The summed E-state index contributed by atoms with van der Waals surface area (Å²) in [6.45, 7) is 5.16. The third kappa shape index (κ3) is 3.87. The number of nitrogens with zero attached hydrogens (tertiary/aromatic N) is 2. The van der Waals surface area contributed by atoms with Crippen LogP contribution in [0, 0.1) is 13.8 Å². The number of rotatable bonds is 4. The van der Waals surface area contributed by atoms with Gasteiger partial charge in [0.15, 0.2) is 0 Å². The van der Waals surface area contributed by atoms with Crippen molar-refractivity contribution in [3.63, 3.8) is 0 Å². The lowest BCUT2D eigenvalue weighted by Gasteiger charge is -2.15. The smallest absolute Gasteiger partial charge is 0.416 e. The minimum absolute atomic E-state index is 0.176. The Hall–Kier alpha value is -2.83. The minimum atomic E-state index is -4.39. The highest BCUT2D eigenvalue weighted by Gasteiger charge is 2.32. The number of benzene rings is 2. The number of halogens is 3. The molecular formula is C19H18F3N3O. The van der Waals surface area contributed by atoms with E-state index in [0.29, 0.717) is 17.5 Å². The summed E-state index contributed by atoms with van der Waals surface area (Å²) < 4.78 is 44.8. The molecular weight excluding hydrogens is 343 g/mol. The number of hydrogen-bond acceptors (Lipinski definition) is 4. The maximum absolute atomic E-state index is 13.0. The van der Waals surface area contributed by atoms with Gasteiger partial charge < -0.3 is 9.73 Å². The number of alkyl halides is 3. The van der Waals surface area contributed by atoms with Crippen LogP contribution < -0.4 is 5.32 Å². The molecule has 1 heterocycles. The molecule has 136 valence electrons. The molecule has 0 aliphatic rings. The summed E-state index contributed by atoms with van der Waals surface area (Å²) in [6, 6.07) is 11.3. The van der Waals surface area contributed by atoms with Crippen LogP contribution in [0.2, 0.25) is 0 Å². The van der Waals surface area contributed by atoms with Gasteiger partial charge in [0, 0.05) is 11.3 Å². The Morgan fingerprint density at radius 2 is 1.69 bits per heavy atom. The summed E-state index contributed by atoms with van der Waals surface area (Å²) in [5.41, 5.74) is 1.75. The zero-order chi connectivity index (χ0) is 18.9. The third-order valence-electron chi connectivity index (χ3n) is 4.04. The Labute approximate surface area is 149 Å². The number of nitrogens with one attached hydrogen (secondary N) is 1. The Morgan fingerprint density at radius 3 is 2.35 bits per heavy atom. The van der Waals surface area contributed by atoms with Crippen molar-refractivity contribution in [1.82, 2.24) is 10.2 Å². The first-order valence-corrected chi connectivity index (χ1v) is 8.09. The zero-order valence-corrected chi connectivity index (χ0v) is 14.6. The van der Waals surface area contributed by atoms with Crippen LogP contribution in [0.4, 0.5) is 18.9 Å². The molecule has 3 aromatic rings. The quantitative estimate of drug-likeness (QED) is 0.662. The van der Waals surface area contributed by atoms with Crippen LogP contribution in [0.25, 0.3) is 11.5 Å². The van der Waals surface area contributed by atoms with E-state index in [-0.39, 0.29) is 5.56 Å². The van der Waals surface area contributed by atoms with Crippen LogP contribution in [0.5, 0.6) is 0 Å². The van der Waals surface area contributed by atoms with Crippen molar-refractivity contribution in [3.8, 4) is 11.5 Å². The first-order chi connectivity index (χ1) is 12.2. The second-order valence-electron chi connectivity index (χ2n) is 6.20. The van der Waals surface area contributed by atoms with E-state index in [4.69, 9.17) is 4.42 Å². The number of aryl methyl sites for hydroxylation is 2. The molecule has 1 aromatic heterocycles. The van der Waals surface area contributed by atoms with Crippen LogP contribution in [-0.4, -0.2) is 10.2 Å². The zero-order valence-electron chi connectivity index (χ0n) is 14.6. The lowest BCUT2D eigenvalue weighted by molar-refractivity contribution is -0.138. The number of aromatic nitrogens is 2. The van der Waals surface area contributed by atoms with Crippen molar-refractivity contribution in [3.05, 3.63) is 65.0 Å². The van der Waals surface area contributed by atoms with E-state index >= 15 is 0 Å². The molecule has 1 unspecified atom stereocenters. The molecule has 26 heavy (non-hydrogen) atoms. The third-order valence-corrected chi connectivity index (χ3v) is 4.04. The van der Waals surface area contributed by atoms with Crippen molar-refractivity contribution in [1.29, 1.82) is 0 Å². The standard InChI is InChI=1S/C19H18F3N3O/c1-11-4-7-14(8-5-11)18-25-24-17(26-18)13(3)23-15-9-6-12(2)16(10-15)19(20,21)22/h4-10,13,23H,1-3H3. The van der Waals surface area contributed by atoms with E-state index in [9.17, 15) is 13.2 Å². The summed E-state index contributed by atoms with van der Waals surface area (Å²) in [5, 5.41) is 11.0.